The minimum Gasteiger partial charge on any atom is -1.00 e. The summed E-state index contributed by atoms with van der Waals surface area (Å²) in [6, 6.07) is 75.5. The standard InChI is InChI=1S/C69H63Si.3ClH.Ti/c1-45-41-60(66(57-35-23-14-24-36-57)50(6)63(45)54-29-17-11-18-30-54)70(69(10)44-48(4)49(5)53(69)9,61-42-46(2)64(55-31-19-12-20-32-55)51(7)67(61)58-37-25-15-26-38-58)62-43-47(3)65(56-33-21-13-22-34-56)52(8)68(62)59-39-27-16-28-40-59;;;;/h11-43H,1-10H3;3*1H;/q;;;;+3/p-3. The molecule has 5 heteroatoms. The molecule has 9 aromatic rings. The molecule has 1 unspecified atom stereocenters. The van der Waals surface area contributed by atoms with Gasteiger partial charge in [0.15, 0.2) is 0 Å². The van der Waals surface area contributed by atoms with E-state index in [-0.39, 0.29) is 37.2 Å². The van der Waals surface area contributed by atoms with Crippen LogP contribution >= 0.6 is 0 Å². The third kappa shape index (κ3) is 8.98. The van der Waals surface area contributed by atoms with Crippen molar-refractivity contribution in [2.24, 2.45) is 0 Å². The number of allylic oxidation sites excluding steroid dienone is 4. The summed E-state index contributed by atoms with van der Waals surface area (Å²) >= 11 is 2.48. The Morgan fingerprint density at radius 2 is 0.527 bits per heavy atom. The zero-order valence-corrected chi connectivity index (χ0v) is 49.0. The van der Waals surface area contributed by atoms with Crippen LogP contribution in [0.5, 0.6) is 0 Å². The SMILES string of the molecule is CC1=C(C)C(C)([Si](c2cc(C)c(-c3ccccc3)c(C)c2-c2ccccc2)(c2cc(C)c(-c3ccccc3)c(C)c2-c2ccccc2)c2cc(C)c(-c3ccccc3)c(C)c2-c2ccccc2)[C]([Ti+3])=C1C.[Cl-].[Cl-].[Cl-]. The first-order valence-electron chi connectivity index (χ1n) is 25.2. The van der Waals surface area contributed by atoms with E-state index in [0.29, 0.717) is 0 Å². The molecule has 0 radical (unpaired) electrons. The Balaban J connectivity index is 0.00000267. The van der Waals surface area contributed by atoms with Gasteiger partial charge in [-0.2, -0.15) is 0 Å². The van der Waals surface area contributed by atoms with Crippen molar-refractivity contribution < 1.29 is 57.7 Å². The predicted octanol–water partition coefficient (Wildman–Crippen LogP) is 7.95. The fraction of sp³-hybridized carbons (Fsp3) is 0.159. The van der Waals surface area contributed by atoms with Crippen molar-refractivity contribution in [3.05, 3.63) is 254 Å². The smallest absolute Gasteiger partial charge is 1.00 e. The molecule has 0 heterocycles. The number of hydrogen-bond donors (Lipinski definition) is 0. The van der Waals surface area contributed by atoms with Crippen molar-refractivity contribution in [2.45, 2.75) is 74.3 Å². The fourth-order valence-corrected chi connectivity index (χ4v) is 21.7. The maximum Gasteiger partial charge on any atom is -1.00 e. The van der Waals surface area contributed by atoms with Crippen LogP contribution in [0.4, 0.5) is 0 Å². The third-order valence-corrected chi connectivity index (χ3v) is 23.9. The van der Waals surface area contributed by atoms with Gasteiger partial charge < -0.3 is 37.2 Å². The maximum absolute atomic E-state index is 3.68. The summed E-state index contributed by atoms with van der Waals surface area (Å²) in [5.74, 6) is 0. The average molecular weight is 1070 g/mol. The first-order chi connectivity index (χ1) is 34.3. The van der Waals surface area contributed by atoms with E-state index in [9.17, 15) is 0 Å². The van der Waals surface area contributed by atoms with Gasteiger partial charge in [-0.3, -0.25) is 0 Å². The van der Waals surface area contributed by atoms with Crippen LogP contribution in [0.3, 0.4) is 0 Å². The number of rotatable bonds is 10. The number of aryl methyl sites for hydroxylation is 3. The van der Waals surface area contributed by atoms with E-state index < -0.39 is 13.1 Å². The average Bonchev–Trinajstić information content (AvgIpc) is 3.53. The van der Waals surface area contributed by atoms with E-state index in [2.05, 4.69) is 290 Å². The molecule has 0 spiro atoms. The van der Waals surface area contributed by atoms with Crippen molar-refractivity contribution in [1.29, 1.82) is 0 Å². The van der Waals surface area contributed by atoms with Gasteiger partial charge in [0.1, 0.15) is 0 Å². The van der Waals surface area contributed by atoms with Crippen LogP contribution in [0, 0.1) is 41.5 Å². The Morgan fingerprint density at radius 1 is 0.311 bits per heavy atom. The number of hydrogen-bond acceptors (Lipinski definition) is 0. The molecule has 0 nitrogen and oxygen atoms in total. The summed E-state index contributed by atoms with van der Waals surface area (Å²) in [6.07, 6.45) is 0. The minimum absolute atomic E-state index is 0. The van der Waals surface area contributed by atoms with Gasteiger partial charge in [-0.25, -0.2) is 0 Å². The molecule has 1 atom stereocenters. The van der Waals surface area contributed by atoms with Gasteiger partial charge in [0.05, 0.1) is 0 Å². The molecule has 9 aromatic carbocycles. The first kappa shape index (κ1) is 56.0. The summed E-state index contributed by atoms with van der Waals surface area (Å²) < 4.78 is 1.46. The fourth-order valence-electron chi connectivity index (χ4n) is 13.0. The predicted molar refractivity (Wildman–Crippen MR) is 304 cm³/mol. The van der Waals surface area contributed by atoms with Gasteiger partial charge in [-0.05, 0) is 0 Å². The van der Waals surface area contributed by atoms with Crippen LogP contribution in [0.1, 0.15) is 61.1 Å². The van der Waals surface area contributed by atoms with Crippen molar-refractivity contribution >= 4 is 23.6 Å². The summed E-state index contributed by atoms with van der Waals surface area (Å²) in [7, 11) is -3.68. The largest absolute Gasteiger partial charge is 1.00 e. The number of halogens is 3. The molecule has 0 saturated carbocycles. The molecule has 0 saturated heterocycles. The van der Waals surface area contributed by atoms with Crippen molar-refractivity contribution in [2.75, 3.05) is 0 Å². The zero-order valence-electron chi connectivity index (χ0n) is 44.2. The second-order valence-electron chi connectivity index (χ2n) is 20.2. The molecule has 368 valence electrons. The van der Waals surface area contributed by atoms with Gasteiger partial charge in [-0.1, -0.05) is 0 Å². The van der Waals surface area contributed by atoms with Crippen molar-refractivity contribution in [3.63, 3.8) is 0 Å². The molecule has 0 fully saturated rings. The third-order valence-electron chi connectivity index (χ3n) is 16.4. The zero-order chi connectivity index (χ0) is 49.8. The molecular formula is C69H63Cl3SiTi. The molecule has 10 rings (SSSR count). The van der Waals surface area contributed by atoms with Crippen molar-refractivity contribution in [3.8, 4) is 66.8 Å². The summed E-state index contributed by atoms with van der Waals surface area (Å²) in [5.41, 5.74) is 27.6. The number of benzene rings is 9. The first-order valence-corrected chi connectivity index (χ1v) is 28.0. The van der Waals surface area contributed by atoms with Crippen LogP contribution in [0.15, 0.2) is 221 Å². The summed E-state index contributed by atoms with van der Waals surface area (Å²) in [6.45, 7) is 24.3. The second kappa shape index (κ2) is 22.6. The topological polar surface area (TPSA) is 0 Å². The second-order valence-corrected chi connectivity index (χ2v) is 25.1. The van der Waals surface area contributed by atoms with Crippen molar-refractivity contribution in [1.82, 2.24) is 0 Å². The van der Waals surface area contributed by atoms with Crippen LogP contribution in [-0.4, -0.2) is 8.07 Å². The molecule has 74 heavy (non-hydrogen) atoms. The Hall–Kier alpha value is -5.74. The summed E-state index contributed by atoms with van der Waals surface area (Å²) in [4.78, 5) is 0. The van der Waals surface area contributed by atoms with Gasteiger partial charge in [0.25, 0.3) is 0 Å². The molecule has 1 aliphatic carbocycles. The van der Waals surface area contributed by atoms with Gasteiger partial charge in [-0.15, -0.1) is 0 Å². The molecule has 0 N–H and O–H groups in total. The molecule has 0 aliphatic heterocycles. The molecule has 0 aromatic heterocycles. The van der Waals surface area contributed by atoms with E-state index in [4.69, 9.17) is 0 Å². The Morgan fingerprint density at radius 3 is 0.730 bits per heavy atom. The van der Waals surface area contributed by atoms with Gasteiger partial charge in [0, 0.05) is 0 Å². The van der Waals surface area contributed by atoms with E-state index in [1.54, 1.807) is 0 Å². The maximum atomic E-state index is 2.69. The van der Waals surface area contributed by atoms with E-state index in [0.717, 1.165) is 0 Å². The van der Waals surface area contributed by atoms with E-state index >= 15 is 0 Å². The van der Waals surface area contributed by atoms with E-state index in [1.807, 2.05) is 0 Å². The molecule has 1 aliphatic rings. The van der Waals surface area contributed by atoms with Crippen LogP contribution in [-0.2, 0) is 20.4 Å². The van der Waals surface area contributed by atoms with Gasteiger partial charge in [0.2, 0.25) is 0 Å². The van der Waals surface area contributed by atoms with Gasteiger partial charge >= 0.3 is 439 Å². The Bertz CT molecular complexity index is 3190. The molecular weight excluding hydrogens is 1010 g/mol. The minimum atomic E-state index is -3.68. The normalized spacial score (nSPS) is 14.3. The van der Waals surface area contributed by atoms with E-state index in [1.165, 1.54) is 136 Å². The van der Waals surface area contributed by atoms with Crippen LogP contribution < -0.4 is 52.8 Å². The quantitative estimate of drug-likeness (QED) is 0.0965. The van der Waals surface area contributed by atoms with Crippen LogP contribution in [0.25, 0.3) is 66.8 Å². The monoisotopic (exact) mass is 1070 g/mol. The Kier molecular flexibility index (Phi) is 17.1. The van der Waals surface area contributed by atoms with Crippen LogP contribution in [0.2, 0.25) is 5.04 Å². The molecule has 0 bridgehead atoms. The summed E-state index contributed by atoms with van der Waals surface area (Å²) in [5, 5.41) is 3.91. The Labute approximate surface area is 472 Å². The molecule has 0 amide bonds.